The molecule has 5 nitrogen and oxygen atoms in total. The molecule has 1 aliphatic heterocycles. The first-order valence-electron chi connectivity index (χ1n) is 9.90. The molecule has 1 unspecified atom stereocenters. The van der Waals surface area contributed by atoms with Crippen molar-refractivity contribution in [2.75, 3.05) is 72.0 Å². The van der Waals surface area contributed by atoms with Crippen LogP contribution in [-0.2, 0) is 4.79 Å². The second-order valence-corrected chi connectivity index (χ2v) is 7.09. The molecular weight excluding hydrogens is 300 g/mol. The van der Waals surface area contributed by atoms with Crippen LogP contribution < -0.4 is 0 Å². The molecule has 1 fully saturated rings. The van der Waals surface area contributed by atoms with Gasteiger partial charge in [-0.3, -0.25) is 9.69 Å². The SMILES string of the molecule is CCN1CCN(CC)CCN(C(C)CC(C)=O)CCN(CC)CC1. The minimum absolute atomic E-state index is 0.298. The first-order chi connectivity index (χ1) is 11.5. The molecule has 5 heteroatoms. The van der Waals surface area contributed by atoms with E-state index in [4.69, 9.17) is 0 Å². The monoisotopic (exact) mass is 340 g/mol. The Kier molecular flexibility index (Phi) is 10.7. The number of hydrogen-bond acceptors (Lipinski definition) is 5. The van der Waals surface area contributed by atoms with Gasteiger partial charge in [0.15, 0.2) is 0 Å². The van der Waals surface area contributed by atoms with Gasteiger partial charge in [-0.2, -0.15) is 0 Å². The third-order valence-electron chi connectivity index (χ3n) is 5.42. The van der Waals surface area contributed by atoms with Gasteiger partial charge in [0.2, 0.25) is 0 Å². The highest BCUT2D eigenvalue weighted by Gasteiger charge is 2.19. The van der Waals surface area contributed by atoms with E-state index >= 15 is 0 Å². The van der Waals surface area contributed by atoms with Gasteiger partial charge in [-0.05, 0) is 33.5 Å². The van der Waals surface area contributed by atoms with Crippen molar-refractivity contribution in [2.24, 2.45) is 0 Å². The number of likely N-dealkylation sites (N-methyl/N-ethyl adjacent to an activating group) is 3. The van der Waals surface area contributed by atoms with Crippen molar-refractivity contribution in [1.29, 1.82) is 0 Å². The van der Waals surface area contributed by atoms with Gasteiger partial charge in [-0.25, -0.2) is 0 Å². The molecule has 142 valence electrons. The lowest BCUT2D eigenvalue weighted by Crippen LogP contribution is -2.48. The van der Waals surface area contributed by atoms with Gasteiger partial charge in [0, 0.05) is 64.8 Å². The summed E-state index contributed by atoms with van der Waals surface area (Å²) in [6.07, 6.45) is 0.669. The third-order valence-corrected chi connectivity index (χ3v) is 5.42. The summed E-state index contributed by atoms with van der Waals surface area (Å²) in [5.41, 5.74) is 0. The smallest absolute Gasteiger partial charge is 0.131 e. The number of rotatable bonds is 6. The highest BCUT2D eigenvalue weighted by atomic mass is 16.1. The molecule has 0 aromatic rings. The summed E-state index contributed by atoms with van der Waals surface area (Å²) in [5.74, 6) is 0.298. The fourth-order valence-corrected chi connectivity index (χ4v) is 3.49. The molecule has 1 aliphatic rings. The van der Waals surface area contributed by atoms with Gasteiger partial charge in [0.25, 0.3) is 0 Å². The molecule has 24 heavy (non-hydrogen) atoms. The van der Waals surface area contributed by atoms with Crippen LogP contribution in [0.2, 0.25) is 0 Å². The molecule has 0 aliphatic carbocycles. The maximum atomic E-state index is 11.5. The number of nitrogens with zero attached hydrogens (tertiary/aromatic N) is 4. The van der Waals surface area contributed by atoms with Gasteiger partial charge >= 0.3 is 0 Å². The number of hydrogen-bond donors (Lipinski definition) is 0. The van der Waals surface area contributed by atoms with Crippen molar-refractivity contribution in [3.63, 3.8) is 0 Å². The summed E-state index contributed by atoms with van der Waals surface area (Å²) in [6.45, 7) is 23.0. The molecular formula is C19H40N4O. The molecule has 0 amide bonds. The van der Waals surface area contributed by atoms with Gasteiger partial charge < -0.3 is 14.7 Å². The maximum absolute atomic E-state index is 11.5. The first-order valence-corrected chi connectivity index (χ1v) is 9.90. The number of carbonyl (C=O) groups excluding carboxylic acids is 1. The summed E-state index contributed by atoms with van der Waals surface area (Å²) in [6, 6.07) is 0.343. The zero-order chi connectivity index (χ0) is 17.9. The molecule has 0 bridgehead atoms. The second kappa shape index (κ2) is 12.0. The van der Waals surface area contributed by atoms with Crippen LogP contribution >= 0.6 is 0 Å². The molecule has 0 aromatic carbocycles. The molecule has 0 aromatic heterocycles. The Morgan fingerprint density at radius 2 is 1.08 bits per heavy atom. The number of carbonyl (C=O) groups is 1. The fourth-order valence-electron chi connectivity index (χ4n) is 3.49. The van der Waals surface area contributed by atoms with E-state index in [1.54, 1.807) is 6.92 Å². The Hall–Kier alpha value is -0.490. The van der Waals surface area contributed by atoms with E-state index in [9.17, 15) is 4.79 Å². The van der Waals surface area contributed by atoms with E-state index in [0.717, 1.165) is 72.0 Å². The lowest BCUT2D eigenvalue weighted by atomic mass is 10.1. The summed E-state index contributed by atoms with van der Waals surface area (Å²) in [4.78, 5) is 21.7. The predicted octanol–water partition coefficient (Wildman–Crippen LogP) is 1.64. The first kappa shape index (κ1) is 21.6. The Balaban J connectivity index is 2.74. The molecule has 1 saturated heterocycles. The van der Waals surface area contributed by atoms with Gasteiger partial charge in [0.1, 0.15) is 5.78 Å². The highest BCUT2D eigenvalue weighted by Crippen LogP contribution is 2.07. The fraction of sp³-hybridized carbons (Fsp3) is 0.947. The average molecular weight is 341 g/mol. The molecule has 1 heterocycles. The molecule has 0 spiro atoms. The van der Waals surface area contributed by atoms with Gasteiger partial charge in [-0.15, -0.1) is 0 Å². The van der Waals surface area contributed by atoms with Crippen LogP contribution in [0, 0.1) is 0 Å². The lowest BCUT2D eigenvalue weighted by Gasteiger charge is -2.35. The van der Waals surface area contributed by atoms with E-state index in [2.05, 4.69) is 47.3 Å². The van der Waals surface area contributed by atoms with E-state index in [1.807, 2.05) is 0 Å². The van der Waals surface area contributed by atoms with Crippen molar-refractivity contribution in [3.8, 4) is 0 Å². The van der Waals surface area contributed by atoms with E-state index < -0.39 is 0 Å². The largest absolute Gasteiger partial charge is 0.301 e. The molecule has 1 atom stereocenters. The Bertz CT molecular complexity index is 330. The number of ketones is 1. The Labute approximate surface area is 150 Å². The minimum atomic E-state index is 0.298. The van der Waals surface area contributed by atoms with Crippen LogP contribution in [0.1, 0.15) is 41.0 Å². The molecule has 1 rings (SSSR count). The van der Waals surface area contributed by atoms with Crippen molar-refractivity contribution >= 4 is 5.78 Å². The quantitative estimate of drug-likeness (QED) is 0.733. The molecule has 0 saturated carbocycles. The summed E-state index contributed by atoms with van der Waals surface area (Å²) in [5, 5.41) is 0. The second-order valence-electron chi connectivity index (χ2n) is 7.09. The van der Waals surface area contributed by atoms with Crippen LogP contribution in [0.15, 0.2) is 0 Å². The Morgan fingerprint density at radius 3 is 1.38 bits per heavy atom. The topological polar surface area (TPSA) is 30.0 Å². The summed E-state index contributed by atoms with van der Waals surface area (Å²) in [7, 11) is 0. The zero-order valence-corrected chi connectivity index (χ0v) is 16.8. The van der Waals surface area contributed by atoms with Crippen molar-refractivity contribution in [1.82, 2.24) is 19.6 Å². The van der Waals surface area contributed by atoms with E-state index in [0.29, 0.717) is 18.2 Å². The van der Waals surface area contributed by atoms with Crippen molar-refractivity contribution in [3.05, 3.63) is 0 Å². The number of Topliss-reactive ketones (excluding diaryl/α,β-unsaturated/α-hetero) is 1. The standard InChI is InChI=1S/C19H40N4O/c1-6-20-9-11-21(7-2)13-15-23(18(4)17-19(5)24)16-14-22(8-3)12-10-20/h18H,6-17H2,1-5H3. The van der Waals surface area contributed by atoms with Crippen LogP contribution in [0.25, 0.3) is 0 Å². The van der Waals surface area contributed by atoms with Crippen molar-refractivity contribution in [2.45, 2.75) is 47.1 Å². The lowest BCUT2D eigenvalue weighted by molar-refractivity contribution is -0.118. The molecule has 0 N–H and O–H groups in total. The summed E-state index contributed by atoms with van der Waals surface area (Å²) >= 11 is 0. The van der Waals surface area contributed by atoms with E-state index in [-0.39, 0.29) is 0 Å². The van der Waals surface area contributed by atoms with Gasteiger partial charge in [0.05, 0.1) is 0 Å². The summed E-state index contributed by atoms with van der Waals surface area (Å²) < 4.78 is 0. The zero-order valence-electron chi connectivity index (χ0n) is 16.8. The normalized spacial score (nSPS) is 22.7. The third kappa shape index (κ3) is 8.06. The maximum Gasteiger partial charge on any atom is 0.131 e. The van der Waals surface area contributed by atoms with Crippen LogP contribution in [0.3, 0.4) is 0 Å². The predicted molar refractivity (Wildman–Crippen MR) is 103 cm³/mol. The van der Waals surface area contributed by atoms with Gasteiger partial charge in [-0.1, -0.05) is 20.8 Å². The Morgan fingerprint density at radius 1 is 0.750 bits per heavy atom. The van der Waals surface area contributed by atoms with Crippen LogP contribution in [0.4, 0.5) is 0 Å². The van der Waals surface area contributed by atoms with Crippen LogP contribution in [0.5, 0.6) is 0 Å². The van der Waals surface area contributed by atoms with Crippen molar-refractivity contribution < 1.29 is 4.79 Å². The minimum Gasteiger partial charge on any atom is -0.301 e. The molecule has 0 radical (unpaired) electrons. The van der Waals surface area contributed by atoms with Crippen LogP contribution in [-0.4, -0.2) is 103 Å². The average Bonchev–Trinajstić information content (AvgIpc) is 2.55. The highest BCUT2D eigenvalue weighted by molar-refractivity contribution is 5.76. The van der Waals surface area contributed by atoms with E-state index in [1.165, 1.54) is 0 Å².